The second-order valence-electron chi connectivity index (χ2n) is 7.75. The van der Waals surface area contributed by atoms with Crippen LogP contribution in [-0.4, -0.2) is 68.5 Å². The zero-order valence-electron chi connectivity index (χ0n) is 20.4. The first-order valence-electron chi connectivity index (χ1n) is 11.5. The number of aliphatic imine (C=N–C) groups is 2. The number of sulfonamides is 2. The largest absolute Gasteiger partial charge is 0.376 e. The molecule has 0 aliphatic carbocycles. The van der Waals surface area contributed by atoms with E-state index in [2.05, 4.69) is 9.98 Å². The Morgan fingerprint density at radius 3 is 1.25 bits per heavy atom. The van der Waals surface area contributed by atoms with E-state index in [4.69, 9.17) is 8.37 Å². The van der Waals surface area contributed by atoms with Gasteiger partial charge in [0.05, 0.1) is 9.79 Å². The van der Waals surface area contributed by atoms with Crippen LogP contribution in [0.25, 0.3) is 0 Å². The quantitative estimate of drug-likeness (QED) is 0.418. The van der Waals surface area contributed by atoms with Gasteiger partial charge in [-0.1, -0.05) is 27.7 Å². The highest BCUT2D eigenvalue weighted by atomic mass is 32.2. The van der Waals surface area contributed by atoms with Gasteiger partial charge < -0.3 is 8.37 Å². The second-order valence-corrected chi connectivity index (χ2v) is 12.8. The molecule has 0 unspecified atom stereocenters. The van der Waals surface area contributed by atoms with E-state index < -0.39 is 31.1 Å². The first-order chi connectivity index (χ1) is 17.1. The summed E-state index contributed by atoms with van der Waals surface area (Å²) in [5, 5.41) is 0.361. The van der Waals surface area contributed by atoms with Crippen molar-refractivity contribution >= 4 is 48.0 Å². The van der Waals surface area contributed by atoms with Crippen molar-refractivity contribution in [1.82, 2.24) is 8.61 Å². The summed E-state index contributed by atoms with van der Waals surface area (Å²) in [6, 6.07) is 12.7. The van der Waals surface area contributed by atoms with Crippen LogP contribution < -0.4 is 0 Å². The van der Waals surface area contributed by atoms with Gasteiger partial charge in [0.25, 0.3) is 5.11 Å². The van der Waals surface area contributed by atoms with Gasteiger partial charge in [0.15, 0.2) is 0 Å². The summed E-state index contributed by atoms with van der Waals surface area (Å²) < 4.78 is 65.2. The van der Waals surface area contributed by atoms with Crippen molar-refractivity contribution in [2.75, 3.05) is 26.2 Å². The third-order valence-corrected chi connectivity index (χ3v) is 11.0. The maximum Gasteiger partial charge on any atom is 0.262 e. The molecule has 2 aliphatic heterocycles. The minimum Gasteiger partial charge on any atom is -0.376 e. The molecule has 0 saturated carbocycles. The molecular formula is C23H28N4O6S3. The zero-order chi connectivity index (χ0) is 26.1. The van der Waals surface area contributed by atoms with Gasteiger partial charge in [-0.2, -0.15) is 18.6 Å². The first kappa shape index (κ1) is 26.5. The topological polar surface area (TPSA) is 118 Å². The molecule has 0 N–H and O–H groups in total. The maximum atomic E-state index is 12.7. The molecule has 2 aromatic rings. The summed E-state index contributed by atoms with van der Waals surface area (Å²) in [6.45, 7) is 8.76. The molecule has 2 aromatic carbocycles. The minimum absolute atomic E-state index is 0.201. The predicted octanol–water partition coefficient (Wildman–Crippen LogP) is 3.19. The Bertz CT molecular complexity index is 1330. The van der Waals surface area contributed by atoms with Crippen LogP contribution in [0.4, 0.5) is 0 Å². The highest BCUT2D eigenvalue weighted by Crippen LogP contribution is 2.35. The van der Waals surface area contributed by atoms with E-state index in [1.54, 1.807) is 52.0 Å². The fraction of sp³-hybridized carbons (Fsp3) is 0.348. The van der Waals surface area contributed by atoms with Crippen LogP contribution in [-0.2, 0) is 28.4 Å². The van der Waals surface area contributed by atoms with Crippen LogP contribution in [0.2, 0.25) is 0 Å². The molecule has 194 valence electrons. The van der Waals surface area contributed by atoms with Crippen molar-refractivity contribution in [2.45, 2.75) is 37.5 Å². The molecule has 36 heavy (non-hydrogen) atoms. The molecule has 0 fully saturated rings. The standard InChI is InChI=1S/C23H28N4O6S3/c1-5-26(6-2)35(28,29)19-13-9-17(10-14-19)21-24-23-25-22(33-34(23)32-21)18-11-15-20(16-12-18)36(30,31)27(7-3)8-4/h9-16H,5-8H2,1-4H3. The van der Waals surface area contributed by atoms with Crippen LogP contribution in [0.1, 0.15) is 38.8 Å². The molecule has 0 atom stereocenters. The Morgan fingerprint density at radius 2 is 0.972 bits per heavy atom. The molecule has 0 radical (unpaired) electrons. The number of nitrogens with zero attached hydrogens (tertiary/aromatic N) is 4. The van der Waals surface area contributed by atoms with Gasteiger partial charge in [-0.15, -0.1) is 0 Å². The van der Waals surface area contributed by atoms with Crippen molar-refractivity contribution in [3.8, 4) is 0 Å². The molecule has 0 saturated heterocycles. The third-order valence-electron chi connectivity index (χ3n) is 5.74. The smallest absolute Gasteiger partial charge is 0.262 e. The Labute approximate surface area is 214 Å². The van der Waals surface area contributed by atoms with Gasteiger partial charge in [-0.25, -0.2) is 16.8 Å². The molecule has 2 aliphatic rings. The van der Waals surface area contributed by atoms with E-state index in [0.717, 1.165) is 0 Å². The molecule has 0 spiro atoms. The third kappa shape index (κ3) is 4.85. The summed E-state index contributed by atoms with van der Waals surface area (Å²) in [7, 11) is -7.11. The van der Waals surface area contributed by atoms with Crippen LogP contribution in [0.5, 0.6) is 0 Å². The van der Waals surface area contributed by atoms with E-state index in [-0.39, 0.29) is 9.79 Å². The van der Waals surface area contributed by atoms with Crippen molar-refractivity contribution in [3.63, 3.8) is 0 Å². The lowest BCUT2D eigenvalue weighted by molar-refractivity contribution is 0.444. The lowest BCUT2D eigenvalue weighted by Crippen LogP contribution is -2.30. The van der Waals surface area contributed by atoms with Gasteiger partial charge >= 0.3 is 0 Å². The number of hydrogen-bond acceptors (Lipinski definition) is 8. The van der Waals surface area contributed by atoms with E-state index in [1.807, 2.05) is 0 Å². The monoisotopic (exact) mass is 552 g/mol. The fourth-order valence-corrected chi connectivity index (χ4v) is 7.70. The van der Waals surface area contributed by atoms with Crippen molar-refractivity contribution in [1.29, 1.82) is 0 Å². The normalized spacial score (nSPS) is 16.1. The first-order valence-corrected chi connectivity index (χ1v) is 15.5. The van der Waals surface area contributed by atoms with Crippen LogP contribution in [0.15, 0.2) is 68.3 Å². The summed E-state index contributed by atoms with van der Waals surface area (Å²) in [5.41, 5.74) is 1.21. The highest BCUT2D eigenvalue weighted by Gasteiger charge is 2.31. The lowest BCUT2D eigenvalue weighted by Gasteiger charge is -2.18. The van der Waals surface area contributed by atoms with Crippen molar-refractivity contribution < 1.29 is 25.2 Å². The van der Waals surface area contributed by atoms with Crippen LogP contribution in [0.3, 0.4) is 0 Å². The summed E-state index contributed by atoms with van der Waals surface area (Å²) in [5.74, 6) is 0.590. The summed E-state index contributed by atoms with van der Waals surface area (Å²) >= 11 is -1.14. The predicted molar refractivity (Wildman–Crippen MR) is 141 cm³/mol. The van der Waals surface area contributed by atoms with Crippen LogP contribution >= 0.6 is 11.0 Å². The maximum absolute atomic E-state index is 12.7. The van der Waals surface area contributed by atoms with Gasteiger partial charge in [0.1, 0.15) is 0 Å². The Hall–Kier alpha value is -2.58. The number of benzene rings is 2. The zero-order valence-corrected chi connectivity index (χ0v) is 22.9. The van der Waals surface area contributed by atoms with Gasteiger partial charge in [0, 0.05) is 37.3 Å². The molecule has 13 heteroatoms. The molecule has 2 heterocycles. The van der Waals surface area contributed by atoms with E-state index in [0.29, 0.717) is 54.2 Å². The molecule has 10 nitrogen and oxygen atoms in total. The number of hydrogen-bond donors (Lipinski definition) is 0. The van der Waals surface area contributed by atoms with Crippen molar-refractivity contribution in [3.05, 3.63) is 59.7 Å². The SMILES string of the molecule is CCN(CC)S(=O)(=O)c1ccc(C2=NC3=S(O2)OC(c2ccc(S(=O)(=O)N(CC)CC)cc2)=N3)cc1. The average Bonchev–Trinajstić information content (AvgIpc) is 3.45. The van der Waals surface area contributed by atoms with E-state index >= 15 is 0 Å². The summed E-state index contributed by atoms with van der Waals surface area (Å²) in [6.07, 6.45) is 0. The molecule has 4 rings (SSSR count). The fourth-order valence-electron chi connectivity index (χ4n) is 3.73. The summed E-state index contributed by atoms with van der Waals surface area (Å²) in [4.78, 5) is 9.21. The van der Waals surface area contributed by atoms with Gasteiger partial charge in [-0.05, 0) is 48.5 Å². The Balaban J connectivity index is 1.49. The Kier molecular flexibility index (Phi) is 7.67. The average molecular weight is 553 g/mol. The van der Waals surface area contributed by atoms with Crippen LogP contribution in [0, 0.1) is 0 Å². The number of rotatable bonds is 10. The molecule has 0 amide bonds. The molecular weight excluding hydrogens is 524 g/mol. The molecule has 0 bridgehead atoms. The lowest BCUT2D eigenvalue weighted by atomic mass is 10.2. The van der Waals surface area contributed by atoms with Crippen molar-refractivity contribution in [2.24, 2.45) is 9.98 Å². The highest BCUT2D eigenvalue weighted by molar-refractivity contribution is 8.09. The van der Waals surface area contributed by atoms with Gasteiger partial charge in [-0.3, -0.25) is 0 Å². The van der Waals surface area contributed by atoms with Gasteiger partial charge in [0.2, 0.25) is 42.9 Å². The Morgan fingerprint density at radius 1 is 0.639 bits per heavy atom. The molecule has 0 aromatic heterocycles. The van der Waals surface area contributed by atoms with E-state index in [9.17, 15) is 16.8 Å². The minimum atomic E-state index is -3.55. The second kappa shape index (κ2) is 10.4. The van der Waals surface area contributed by atoms with E-state index in [1.165, 1.54) is 32.9 Å².